The van der Waals surface area contributed by atoms with Crippen LogP contribution in [0.4, 0.5) is 17.2 Å². The van der Waals surface area contributed by atoms with Gasteiger partial charge in [-0.25, -0.2) is 4.98 Å². The Morgan fingerprint density at radius 2 is 2.08 bits per heavy atom. The quantitative estimate of drug-likeness (QED) is 0.553. The minimum absolute atomic E-state index is 0.294. The molecule has 1 aliphatic rings. The highest BCUT2D eigenvalue weighted by Crippen LogP contribution is 2.40. The van der Waals surface area contributed by atoms with E-state index in [0.717, 1.165) is 11.1 Å². The van der Waals surface area contributed by atoms with Gasteiger partial charge in [-0.2, -0.15) is 0 Å². The van der Waals surface area contributed by atoms with Gasteiger partial charge in [0, 0.05) is 6.20 Å². The molecule has 0 aromatic carbocycles. The van der Waals surface area contributed by atoms with Crippen molar-refractivity contribution < 1.29 is 0 Å². The predicted molar refractivity (Wildman–Crippen MR) is 45.9 cm³/mol. The molecule has 0 aliphatic carbocycles. The molecule has 0 spiro atoms. The number of nitrogens with two attached hydrogens (primary N) is 1. The third kappa shape index (κ3) is 0.689. The molecule has 62 valence electrons. The smallest absolute Gasteiger partial charge is 0.186 e. The van der Waals surface area contributed by atoms with Crippen molar-refractivity contribution >= 4 is 28.2 Å². The number of hydrogen-bond acceptors (Lipinski definition) is 6. The molecule has 0 amide bonds. The molecule has 0 atom stereocenters. The fraction of sp³-hybridized carbons (Fsp3) is 0. The number of nitrogen functional groups attached to an aromatic ring is 1. The first-order valence-corrected chi connectivity index (χ1v) is 3.69. The van der Waals surface area contributed by atoms with Gasteiger partial charge < -0.3 is 5.73 Å². The Bertz CT molecular complexity index is 532. The zero-order valence-corrected chi connectivity index (χ0v) is 6.47. The highest BCUT2D eigenvalue weighted by molar-refractivity contribution is 6.01. The lowest BCUT2D eigenvalue weighted by Gasteiger charge is -1.97. The molecule has 2 aromatic rings. The van der Waals surface area contributed by atoms with E-state index in [2.05, 4.69) is 25.4 Å². The van der Waals surface area contributed by atoms with Crippen LogP contribution >= 0.6 is 0 Å². The van der Waals surface area contributed by atoms with E-state index in [4.69, 9.17) is 5.73 Å². The first kappa shape index (κ1) is 6.41. The molecule has 3 heterocycles. The Morgan fingerprint density at radius 3 is 3.00 bits per heavy atom. The fourth-order valence-corrected chi connectivity index (χ4v) is 1.31. The third-order valence-electron chi connectivity index (χ3n) is 1.90. The molecule has 6 nitrogen and oxygen atoms in total. The SMILES string of the molecule is Nc1nnc2nccc3c2c1N=N3. The van der Waals surface area contributed by atoms with Crippen LogP contribution in [0.2, 0.25) is 0 Å². The van der Waals surface area contributed by atoms with Crippen molar-refractivity contribution in [3.05, 3.63) is 12.3 Å². The summed E-state index contributed by atoms with van der Waals surface area (Å²) in [6, 6.07) is 1.77. The highest BCUT2D eigenvalue weighted by atomic mass is 15.2. The van der Waals surface area contributed by atoms with Crippen LogP contribution in [0.3, 0.4) is 0 Å². The van der Waals surface area contributed by atoms with Crippen LogP contribution in [0.25, 0.3) is 11.0 Å². The molecule has 0 bridgehead atoms. The van der Waals surface area contributed by atoms with E-state index in [1.54, 1.807) is 12.3 Å². The maximum Gasteiger partial charge on any atom is 0.186 e. The normalized spacial score (nSPS) is 12.6. The number of anilines is 1. The largest absolute Gasteiger partial charge is 0.380 e. The van der Waals surface area contributed by atoms with Gasteiger partial charge in [0.2, 0.25) is 0 Å². The number of pyridine rings is 1. The summed E-state index contributed by atoms with van der Waals surface area (Å²) in [5.41, 5.74) is 7.44. The number of aromatic nitrogens is 3. The van der Waals surface area contributed by atoms with E-state index in [-0.39, 0.29) is 0 Å². The average Bonchev–Trinajstić information content (AvgIpc) is 2.57. The number of rotatable bonds is 0. The first-order valence-electron chi connectivity index (χ1n) is 3.69. The molecule has 6 heteroatoms. The Balaban J connectivity index is 2.62. The first-order chi connectivity index (χ1) is 6.36. The second-order valence-corrected chi connectivity index (χ2v) is 2.66. The van der Waals surface area contributed by atoms with Gasteiger partial charge in [0.05, 0.1) is 5.39 Å². The van der Waals surface area contributed by atoms with E-state index < -0.39 is 0 Å². The van der Waals surface area contributed by atoms with E-state index in [1.165, 1.54) is 0 Å². The third-order valence-corrected chi connectivity index (χ3v) is 1.90. The molecule has 0 fully saturated rings. The summed E-state index contributed by atoms with van der Waals surface area (Å²) >= 11 is 0. The molecule has 0 radical (unpaired) electrons. The number of nitrogens with zero attached hydrogens (tertiary/aromatic N) is 5. The maximum atomic E-state index is 5.58. The van der Waals surface area contributed by atoms with Crippen molar-refractivity contribution in [3.63, 3.8) is 0 Å². The minimum Gasteiger partial charge on any atom is -0.380 e. The molecule has 13 heavy (non-hydrogen) atoms. The standard InChI is InChI=1S/C7H4N6/c8-6-5-4-3(10-11-5)1-2-9-7(4)13-12-6/h1-2H,(H2,8,12). The molecule has 0 saturated heterocycles. The summed E-state index contributed by atoms with van der Waals surface area (Å²) in [5.74, 6) is 0.294. The van der Waals surface area contributed by atoms with Crippen LogP contribution in [0.15, 0.2) is 22.5 Å². The van der Waals surface area contributed by atoms with Crippen LogP contribution in [0.1, 0.15) is 0 Å². The van der Waals surface area contributed by atoms with Crippen LogP contribution in [0, 0.1) is 0 Å². The Kier molecular flexibility index (Phi) is 0.974. The molecule has 2 aromatic heterocycles. The van der Waals surface area contributed by atoms with Crippen LogP contribution in [-0.2, 0) is 0 Å². The molecule has 0 unspecified atom stereocenters. The number of azo groups is 1. The van der Waals surface area contributed by atoms with Gasteiger partial charge in [-0.1, -0.05) is 0 Å². The fourth-order valence-electron chi connectivity index (χ4n) is 1.31. The van der Waals surface area contributed by atoms with Crippen LogP contribution in [0.5, 0.6) is 0 Å². The van der Waals surface area contributed by atoms with Crippen molar-refractivity contribution in [2.75, 3.05) is 5.73 Å². The van der Waals surface area contributed by atoms with E-state index >= 15 is 0 Å². The molecule has 1 aliphatic heterocycles. The van der Waals surface area contributed by atoms with Gasteiger partial charge in [0.15, 0.2) is 11.5 Å². The zero-order valence-electron chi connectivity index (χ0n) is 6.47. The van der Waals surface area contributed by atoms with Crippen molar-refractivity contribution in [3.8, 4) is 0 Å². The average molecular weight is 172 g/mol. The molecule has 3 rings (SSSR count). The highest BCUT2D eigenvalue weighted by Gasteiger charge is 2.16. The molecular weight excluding hydrogens is 168 g/mol. The summed E-state index contributed by atoms with van der Waals surface area (Å²) in [7, 11) is 0. The summed E-state index contributed by atoms with van der Waals surface area (Å²) in [6.45, 7) is 0. The molecule has 0 saturated carbocycles. The molecular formula is C7H4N6. The van der Waals surface area contributed by atoms with Crippen LogP contribution < -0.4 is 5.73 Å². The maximum absolute atomic E-state index is 5.58. The summed E-state index contributed by atoms with van der Waals surface area (Å²) in [4.78, 5) is 4.03. The zero-order chi connectivity index (χ0) is 8.84. The lowest BCUT2D eigenvalue weighted by molar-refractivity contribution is 1.06. The monoisotopic (exact) mass is 172 g/mol. The van der Waals surface area contributed by atoms with E-state index in [1.807, 2.05) is 0 Å². The molecule has 2 N–H and O–H groups in total. The minimum atomic E-state index is 0.294. The van der Waals surface area contributed by atoms with Crippen molar-refractivity contribution in [2.24, 2.45) is 10.2 Å². The van der Waals surface area contributed by atoms with Gasteiger partial charge in [0.25, 0.3) is 0 Å². The Morgan fingerprint density at radius 1 is 1.15 bits per heavy atom. The van der Waals surface area contributed by atoms with Crippen molar-refractivity contribution in [2.45, 2.75) is 0 Å². The predicted octanol–water partition coefficient (Wildman–Crippen LogP) is 1.34. The van der Waals surface area contributed by atoms with Crippen molar-refractivity contribution in [1.82, 2.24) is 15.2 Å². The van der Waals surface area contributed by atoms with Gasteiger partial charge in [0.1, 0.15) is 11.4 Å². The van der Waals surface area contributed by atoms with E-state index in [0.29, 0.717) is 17.2 Å². The number of hydrogen-bond donors (Lipinski definition) is 1. The second kappa shape index (κ2) is 1.98. The van der Waals surface area contributed by atoms with E-state index in [9.17, 15) is 0 Å². The van der Waals surface area contributed by atoms with Gasteiger partial charge in [-0.3, -0.25) is 0 Å². The van der Waals surface area contributed by atoms with Gasteiger partial charge >= 0.3 is 0 Å². The second-order valence-electron chi connectivity index (χ2n) is 2.66. The topological polar surface area (TPSA) is 89.4 Å². The van der Waals surface area contributed by atoms with Crippen molar-refractivity contribution in [1.29, 1.82) is 0 Å². The Hall–Kier alpha value is -2.11. The van der Waals surface area contributed by atoms with Gasteiger partial charge in [-0.15, -0.1) is 20.4 Å². The lowest BCUT2D eigenvalue weighted by atomic mass is 10.2. The Labute approximate surface area is 72.5 Å². The lowest BCUT2D eigenvalue weighted by Crippen LogP contribution is -1.94. The summed E-state index contributed by atoms with van der Waals surface area (Å²) in [5, 5.41) is 16.2. The van der Waals surface area contributed by atoms with Crippen LogP contribution in [-0.4, -0.2) is 15.2 Å². The summed E-state index contributed by atoms with van der Waals surface area (Å²) < 4.78 is 0. The summed E-state index contributed by atoms with van der Waals surface area (Å²) in [6.07, 6.45) is 1.62. The van der Waals surface area contributed by atoms with Gasteiger partial charge in [-0.05, 0) is 6.07 Å².